The van der Waals surface area contributed by atoms with E-state index in [9.17, 15) is 4.79 Å². The van der Waals surface area contributed by atoms with E-state index in [1.165, 1.54) is 0 Å². The van der Waals surface area contributed by atoms with E-state index < -0.39 is 0 Å². The number of aromatic amines is 1. The van der Waals surface area contributed by atoms with Crippen molar-refractivity contribution < 1.29 is 4.74 Å². The summed E-state index contributed by atoms with van der Waals surface area (Å²) in [5.74, 6) is 2.01. The molecule has 6 heteroatoms. The number of rotatable bonds is 4. The normalized spacial score (nSPS) is 17.8. The predicted octanol–water partition coefficient (Wildman–Crippen LogP) is 1.61. The lowest BCUT2D eigenvalue weighted by Gasteiger charge is -2.28. The molecule has 1 fully saturated rings. The van der Waals surface area contributed by atoms with Gasteiger partial charge in [0.15, 0.2) is 0 Å². The third kappa shape index (κ3) is 2.86. The van der Waals surface area contributed by atoms with Crippen molar-refractivity contribution in [1.29, 1.82) is 0 Å². The van der Waals surface area contributed by atoms with Gasteiger partial charge in [-0.15, -0.1) is 0 Å². The number of fused-ring (bicyclic) bond motifs is 1. The molecule has 3 heterocycles. The molecule has 0 unspecified atom stereocenters. The molecule has 0 atom stereocenters. The molecule has 0 spiro atoms. The summed E-state index contributed by atoms with van der Waals surface area (Å²) in [6, 6.07) is 3.92. The average molecular weight is 312 g/mol. The average Bonchev–Trinajstić information content (AvgIpc) is 3.41. The van der Waals surface area contributed by atoms with Crippen LogP contribution >= 0.6 is 0 Å². The van der Waals surface area contributed by atoms with E-state index in [0.717, 1.165) is 55.0 Å². The lowest BCUT2D eigenvalue weighted by atomic mass is 10.1. The first kappa shape index (κ1) is 14.4. The summed E-state index contributed by atoms with van der Waals surface area (Å²) in [7, 11) is 1.63. The van der Waals surface area contributed by atoms with Gasteiger partial charge in [-0.1, -0.05) is 6.07 Å². The first-order chi connectivity index (χ1) is 11.2. The molecule has 0 amide bonds. The number of hydrogen-bond donors (Lipinski definition) is 1. The molecule has 2 aromatic rings. The maximum absolute atomic E-state index is 12.4. The third-order valence-electron chi connectivity index (χ3n) is 4.57. The molecule has 6 nitrogen and oxygen atoms in total. The summed E-state index contributed by atoms with van der Waals surface area (Å²) < 4.78 is 5.31. The van der Waals surface area contributed by atoms with Crippen LogP contribution in [-0.2, 0) is 19.5 Å². The molecule has 1 aliphatic heterocycles. The molecule has 0 saturated heterocycles. The van der Waals surface area contributed by atoms with Crippen LogP contribution in [0.25, 0.3) is 0 Å². The van der Waals surface area contributed by atoms with Gasteiger partial charge in [-0.2, -0.15) is 0 Å². The Morgan fingerprint density at radius 2 is 2.30 bits per heavy atom. The van der Waals surface area contributed by atoms with Crippen LogP contribution in [0.4, 0.5) is 0 Å². The number of aromatic nitrogens is 3. The summed E-state index contributed by atoms with van der Waals surface area (Å²) in [6.07, 6.45) is 4.84. The fraction of sp³-hybridized carbons (Fsp3) is 0.471. The summed E-state index contributed by atoms with van der Waals surface area (Å²) in [4.78, 5) is 26.5. The number of nitrogens with zero attached hydrogens (tertiary/aromatic N) is 3. The van der Waals surface area contributed by atoms with E-state index in [-0.39, 0.29) is 5.56 Å². The fourth-order valence-electron chi connectivity index (χ4n) is 3.15. The van der Waals surface area contributed by atoms with Crippen molar-refractivity contribution in [2.24, 2.45) is 0 Å². The SMILES string of the molecule is COc1ncccc1CN1CCc2nc(C3CC3)[nH]c(=O)c2C1. The molecule has 0 bridgehead atoms. The highest BCUT2D eigenvalue weighted by molar-refractivity contribution is 5.27. The maximum atomic E-state index is 12.4. The van der Waals surface area contributed by atoms with Gasteiger partial charge in [-0.05, 0) is 18.9 Å². The van der Waals surface area contributed by atoms with E-state index in [2.05, 4.69) is 14.9 Å². The number of pyridine rings is 1. The molecule has 1 aliphatic carbocycles. The Morgan fingerprint density at radius 1 is 1.43 bits per heavy atom. The first-order valence-corrected chi connectivity index (χ1v) is 8.07. The Kier molecular flexibility index (Phi) is 3.61. The molecule has 2 aliphatic rings. The minimum absolute atomic E-state index is 0.0275. The Morgan fingerprint density at radius 3 is 3.09 bits per heavy atom. The van der Waals surface area contributed by atoms with Crippen molar-refractivity contribution in [1.82, 2.24) is 19.9 Å². The molecule has 0 radical (unpaired) electrons. The largest absolute Gasteiger partial charge is 0.481 e. The van der Waals surface area contributed by atoms with E-state index in [1.807, 2.05) is 12.1 Å². The van der Waals surface area contributed by atoms with Crippen molar-refractivity contribution >= 4 is 0 Å². The van der Waals surface area contributed by atoms with Crippen LogP contribution in [0, 0.1) is 0 Å². The number of nitrogens with one attached hydrogen (secondary N) is 1. The minimum Gasteiger partial charge on any atom is -0.481 e. The highest BCUT2D eigenvalue weighted by Gasteiger charge is 2.29. The van der Waals surface area contributed by atoms with Gasteiger partial charge < -0.3 is 9.72 Å². The second-order valence-corrected chi connectivity index (χ2v) is 6.28. The van der Waals surface area contributed by atoms with Crippen LogP contribution in [0.1, 0.15) is 41.4 Å². The van der Waals surface area contributed by atoms with Gasteiger partial charge in [-0.25, -0.2) is 9.97 Å². The number of hydrogen-bond acceptors (Lipinski definition) is 5. The van der Waals surface area contributed by atoms with Gasteiger partial charge in [0.25, 0.3) is 5.56 Å². The monoisotopic (exact) mass is 312 g/mol. The molecule has 120 valence electrons. The standard InChI is InChI=1S/C17H20N4O2/c1-23-17-12(3-2-7-18-17)9-21-8-6-14-13(10-21)16(22)20-15(19-14)11-4-5-11/h2-3,7,11H,4-6,8-10H2,1H3,(H,19,20,22). The van der Waals surface area contributed by atoms with E-state index >= 15 is 0 Å². The quantitative estimate of drug-likeness (QED) is 0.928. The topological polar surface area (TPSA) is 71.1 Å². The van der Waals surface area contributed by atoms with Gasteiger partial charge in [0.05, 0.1) is 18.4 Å². The summed E-state index contributed by atoms with van der Waals surface area (Å²) >= 11 is 0. The molecular formula is C17H20N4O2. The molecule has 1 saturated carbocycles. The second-order valence-electron chi connectivity index (χ2n) is 6.28. The lowest BCUT2D eigenvalue weighted by molar-refractivity contribution is 0.236. The van der Waals surface area contributed by atoms with Gasteiger partial charge >= 0.3 is 0 Å². The van der Waals surface area contributed by atoms with Crippen molar-refractivity contribution in [3.05, 3.63) is 51.3 Å². The fourth-order valence-corrected chi connectivity index (χ4v) is 3.15. The maximum Gasteiger partial charge on any atom is 0.255 e. The molecular weight excluding hydrogens is 292 g/mol. The van der Waals surface area contributed by atoms with E-state index in [0.29, 0.717) is 18.3 Å². The molecule has 1 N–H and O–H groups in total. The van der Waals surface area contributed by atoms with Crippen LogP contribution in [-0.4, -0.2) is 33.5 Å². The van der Waals surface area contributed by atoms with Gasteiger partial charge in [0.2, 0.25) is 5.88 Å². The Balaban J connectivity index is 1.55. The van der Waals surface area contributed by atoms with Gasteiger partial charge in [-0.3, -0.25) is 9.69 Å². The van der Waals surface area contributed by atoms with Crippen molar-refractivity contribution in [2.45, 2.75) is 38.3 Å². The van der Waals surface area contributed by atoms with E-state index in [4.69, 9.17) is 9.72 Å². The van der Waals surface area contributed by atoms with Crippen molar-refractivity contribution in [3.8, 4) is 5.88 Å². The molecule has 0 aromatic carbocycles. The predicted molar refractivity (Wildman–Crippen MR) is 85.4 cm³/mol. The Hall–Kier alpha value is -2.21. The number of H-pyrrole nitrogens is 1. The van der Waals surface area contributed by atoms with Crippen LogP contribution < -0.4 is 10.3 Å². The smallest absolute Gasteiger partial charge is 0.255 e. The van der Waals surface area contributed by atoms with Crippen LogP contribution in [0.3, 0.4) is 0 Å². The third-order valence-corrected chi connectivity index (χ3v) is 4.57. The van der Waals surface area contributed by atoms with Gasteiger partial charge in [0, 0.05) is 43.7 Å². The lowest BCUT2D eigenvalue weighted by Crippen LogP contribution is -2.35. The number of ether oxygens (including phenoxy) is 1. The van der Waals surface area contributed by atoms with Crippen molar-refractivity contribution in [3.63, 3.8) is 0 Å². The zero-order valence-electron chi connectivity index (χ0n) is 13.2. The molecule has 2 aromatic heterocycles. The van der Waals surface area contributed by atoms with Crippen molar-refractivity contribution in [2.75, 3.05) is 13.7 Å². The summed E-state index contributed by atoms with van der Waals surface area (Å²) in [5, 5.41) is 0. The molecule has 4 rings (SSSR count). The van der Waals surface area contributed by atoms with Crippen LogP contribution in [0.15, 0.2) is 23.1 Å². The Bertz CT molecular complexity index is 782. The zero-order valence-corrected chi connectivity index (χ0v) is 13.2. The highest BCUT2D eigenvalue weighted by atomic mass is 16.5. The van der Waals surface area contributed by atoms with Crippen LogP contribution in [0.5, 0.6) is 5.88 Å². The second kappa shape index (κ2) is 5.77. The highest BCUT2D eigenvalue weighted by Crippen LogP contribution is 2.37. The van der Waals surface area contributed by atoms with E-state index in [1.54, 1.807) is 13.3 Å². The van der Waals surface area contributed by atoms with Gasteiger partial charge in [0.1, 0.15) is 5.82 Å². The summed E-state index contributed by atoms with van der Waals surface area (Å²) in [6.45, 7) is 2.24. The minimum atomic E-state index is 0.0275. The first-order valence-electron chi connectivity index (χ1n) is 8.07. The Labute approximate surface area is 134 Å². The summed E-state index contributed by atoms with van der Waals surface area (Å²) in [5.41, 5.74) is 2.85. The van der Waals surface area contributed by atoms with Crippen LogP contribution in [0.2, 0.25) is 0 Å². The number of methoxy groups -OCH3 is 1. The zero-order chi connectivity index (χ0) is 15.8. The molecule has 23 heavy (non-hydrogen) atoms.